The monoisotopic (exact) mass is 478 g/mol. The predicted octanol–water partition coefficient (Wildman–Crippen LogP) is 3.37. The highest BCUT2D eigenvalue weighted by Gasteiger charge is 2.38. The fourth-order valence-corrected chi connectivity index (χ4v) is 5.72. The van der Waals surface area contributed by atoms with E-state index in [9.17, 15) is 14.4 Å². The molecule has 3 amide bonds. The van der Waals surface area contributed by atoms with Crippen molar-refractivity contribution in [2.24, 2.45) is 11.8 Å². The molecule has 2 N–H and O–H groups in total. The minimum Gasteiger partial charge on any atom is -0.450 e. The van der Waals surface area contributed by atoms with E-state index in [1.165, 1.54) is 10.9 Å². The van der Waals surface area contributed by atoms with Gasteiger partial charge in [0.15, 0.2) is 0 Å². The number of carbonyl (C=O) groups is 3. The van der Waals surface area contributed by atoms with Gasteiger partial charge in [0.25, 0.3) is 0 Å². The molecule has 35 heavy (non-hydrogen) atoms. The number of benzene rings is 1. The summed E-state index contributed by atoms with van der Waals surface area (Å²) in [6.45, 7) is 4.52. The maximum Gasteiger partial charge on any atom is 0.409 e. The summed E-state index contributed by atoms with van der Waals surface area (Å²) >= 11 is 0. The van der Waals surface area contributed by atoms with Crippen molar-refractivity contribution in [3.05, 3.63) is 47.7 Å². The molecule has 0 saturated carbocycles. The lowest BCUT2D eigenvalue weighted by atomic mass is 9.80. The number of carbonyl (C=O) groups excluding carboxylic acids is 3. The number of fused-ring (bicyclic) bond motifs is 3. The number of likely N-dealkylation sites (tertiary alicyclic amines) is 1. The van der Waals surface area contributed by atoms with Gasteiger partial charge in [-0.05, 0) is 50.7 Å². The van der Waals surface area contributed by atoms with Gasteiger partial charge in [0.05, 0.1) is 25.0 Å². The van der Waals surface area contributed by atoms with Crippen LogP contribution < -0.4 is 5.32 Å². The Kier molecular flexibility index (Phi) is 6.79. The lowest BCUT2D eigenvalue weighted by Gasteiger charge is -2.36. The van der Waals surface area contributed by atoms with Crippen LogP contribution in [0.3, 0.4) is 0 Å². The van der Waals surface area contributed by atoms with Gasteiger partial charge in [-0.1, -0.05) is 30.4 Å². The summed E-state index contributed by atoms with van der Waals surface area (Å²) < 4.78 is 5.08. The molecule has 2 unspecified atom stereocenters. The highest BCUT2D eigenvalue weighted by Crippen LogP contribution is 2.32. The quantitative estimate of drug-likeness (QED) is 0.659. The number of nitrogens with one attached hydrogen (secondary N) is 2. The smallest absolute Gasteiger partial charge is 0.409 e. The first-order chi connectivity index (χ1) is 17.0. The Morgan fingerprint density at radius 1 is 1.03 bits per heavy atom. The number of aromatic amines is 1. The van der Waals surface area contributed by atoms with E-state index in [2.05, 4.69) is 22.4 Å². The van der Waals surface area contributed by atoms with Gasteiger partial charge in [0, 0.05) is 42.3 Å². The number of piperidine rings is 1. The number of hydrogen-bond donors (Lipinski definition) is 2. The minimum absolute atomic E-state index is 0.0127. The van der Waals surface area contributed by atoms with Crippen LogP contribution in [0, 0.1) is 11.8 Å². The number of ether oxygens (including phenoxy) is 1. The van der Waals surface area contributed by atoms with Gasteiger partial charge in [0.2, 0.25) is 11.8 Å². The van der Waals surface area contributed by atoms with Crippen molar-refractivity contribution in [2.75, 3.05) is 26.2 Å². The van der Waals surface area contributed by atoms with E-state index in [4.69, 9.17) is 4.74 Å². The maximum atomic E-state index is 13.6. The summed E-state index contributed by atoms with van der Waals surface area (Å²) in [5.74, 6) is -0.688. The van der Waals surface area contributed by atoms with Crippen LogP contribution in [0.25, 0.3) is 10.9 Å². The van der Waals surface area contributed by atoms with Crippen molar-refractivity contribution in [2.45, 2.75) is 51.6 Å². The van der Waals surface area contributed by atoms with Crippen LogP contribution in [-0.2, 0) is 27.3 Å². The third kappa shape index (κ3) is 4.79. The SMILES string of the molecule is CCOC(=O)N1CCC(NC(=O)C2CC=CCC2C(=O)N2CCc3c([nH]c4ccccc34)C2)CC1. The minimum atomic E-state index is -0.361. The van der Waals surface area contributed by atoms with E-state index in [-0.39, 0.29) is 35.8 Å². The van der Waals surface area contributed by atoms with Crippen molar-refractivity contribution < 1.29 is 19.1 Å². The van der Waals surface area contributed by atoms with Crippen LogP contribution in [0.15, 0.2) is 36.4 Å². The van der Waals surface area contributed by atoms with E-state index in [0.717, 1.165) is 17.6 Å². The highest BCUT2D eigenvalue weighted by atomic mass is 16.6. The van der Waals surface area contributed by atoms with Gasteiger partial charge >= 0.3 is 6.09 Å². The molecule has 1 aromatic carbocycles. The summed E-state index contributed by atoms with van der Waals surface area (Å²) in [4.78, 5) is 45.9. The molecule has 2 aliphatic heterocycles. The first kappa shape index (κ1) is 23.5. The van der Waals surface area contributed by atoms with Gasteiger partial charge in [-0.25, -0.2) is 4.79 Å². The van der Waals surface area contributed by atoms with Gasteiger partial charge in [-0.2, -0.15) is 0 Å². The molecule has 0 radical (unpaired) electrons. The van der Waals surface area contributed by atoms with Crippen LogP contribution in [0.5, 0.6) is 0 Å². The van der Waals surface area contributed by atoms with Gasteiger partial charge < -0.3 is 24.8 Å². The number of H-pyrrole nitrogens is 1. The van der Waals surface area contributed by atoms with Gasteiger partial charge in [0.1, 0.15) is 0 Å². The summed E-state index contributed by atoms with van der Waals surface area (Å²) in [6, 6.07) is 8.28. The first-order valence-corrected chi connectivity index (χ1v) is 12.8. The summed E-state index contributed by atoms with van der Waals surface area (Å²) in [7, 11) is 0. The van der Waals surface area contributed by atoms with Crippen molar-refractivity contribution in [1.82, 2.24) is 20.1 Å². The molecule has 2 atom stereocenters. The second kappa shape index (κ2) is 10.1. The van der Waals surface area contributed by atoms with E-state index >= 15 is 0 Å². The van der Waals surface area contributed by atoms with E-state index in [1.807, 2.05) is 29.2 Å². The Morgan fingerprint density at radius 3 is 2.54 bits per heavy atom. The molecule has 1 fully saturated rings. The van der Waals surface area contributed by atoms with Crippen LogP contribution in [-0.4, -0.2) is 65.0 Å². The van der Waals surface area contributed by atoms with Crippen molar-refractivity contribution in [3.8, 4) is 0 Å². The number of hydrogen-bond acceptors (Lipinski definition) is 4. The third-order valence-corrected chi connectivity index (χ3v) is 7.65. The summed E-state index contributed by atoms with van der Waals surface area (Å²) in [5, 5.41) is 4.41. The van der Waals surface area contributed by atoms with Crippen molar-refractivity contribution in [3.63, 3.8) is 0 Å². The molecule has 1 aliphatic carbocycles. The predicted molar refractivity (Wildman–Crippen MR) is 133 cm³/mol. The molecule has 3 heterocycles. The zero-order chi connectivity index (χ0) is 24.4. The Balaban J connectivity index is 1.21. The lowest BCUT2D eigenvalue weighted by Crippen LogP contribution is -2.50. The molecule has 1 aromatic heterocycles. The molecule has 8 nitrogen and oxygen atoms in total. The maximum absolute atomic E-state index is 13.6. The van der Waals surface area contributed by atoms with Crippen LogP contribution in [0.1, 0.15) is 43.9 Å². The third-order valence-electron chi connectivity index (χ3n) is 7.65. The number of amides is 3. The van der Waals surface area contributed by atoms with Crippen LogP contribution >= 0.6 is 0 Å². The standard InChI is InChI=1S/C27H34N4O4/c1-2-35-27(34)30-14-11-18(12-15-30)28-25(32)21-8-3-4-9-22(21)26(33)31-16-13-20-19-7-5-6-10-23(19)29-24(20)17-31/h3-7,10,18,21-22,29H,2,8-9,11-17H2,1H3,(H,28,32). The van der Waals surface area contributed by atoms with Gasteiger partial charge in [-0.15, -0.1) is 0 Å². The average Bonchev–Trinajstić information content (AvgIpc) is 3.26. The normalized spacial score (nSPS) is 22.7. The first-order valence-electron chi connectivity index (χ1n) is 12.8. The molecule has 3 aliphatic rings. The molecular weight excluding hydrogens is 444 g/mol. The van der Waals surface area contributed by atoms with Crippen molar-refractivity contribution >= 4 is 28.8 Å². The number of allylic oxidation sites excluding steroid dienone is 2. The fourth-order valence-electron chi connectivity index (χ4n) is 5.72. The zero-order valence-corrected chi connectivity index (χ0v) is 20.3. The van der Waals surface area contributed by atoms with Crippen LogP contribution in [0.4, 0.5) is 4.79 Å². The Hall–Kier alpha value is -3.29. The van der Waals surface area contributed by atoms with Gasteiger partial charge in [-0.3, -0.25) is 9.59 Å². The molecule has 8 heteroatoms. The van der Waals surface area contributed by atoms with E-state index in [0.29, 0.717) is 58.5 Å². The lowest BCUT2D eigenvalue weighted by molar-refractivity contribution is -0.143. The van der Waals surface area contributed by atoms with E-state index in [1.54, 1.807) is 11.8 Å². The zero-order valence-electron chi connectivity index (χ0n) is 20.3. The van der Waals surface area contributed by atoms with Crippen molar-refractivity contribution in [1.29, 1.82) is 0 Å². The molecular formula is C27H34N4O4. The van der Waals surface area contributed by atoms with E-state index < -0.39 is 0 Å². The molecule has 0 bridgehead atoms. The fraction of sp³-hybridized carbons (Fsp3) is 0.519. The number of aromatic nitrogens is 1. The Morgan fingerprint density at radius 2 is 1.77 bits per heavy atom. The average molecular weight is 479 g/mol. The van der Waals surface area contributed by atoms with Crippen LogP contribution in [0.2, 0.25) is 0 Å². The number of nitrogens with zero attached hydrogens (tertiary/aromatic N) is 2. The number of para-hydroxylation sites is 1. The molecule has 5 rings (SSSR count). The topological polar surface area (TPSA) is 94.7 Å². The largest absolute Gasteiger partial charge is 0.450 e. The molecule has 2 aromatic rings. The summed E-state index contributed by atoms with van der Waals surface area (Å²) in [5.41, 5.74) is 3.52. The second-order valence-corrected chi connectivity index (χ2v) is 9.76. The second-order valence-electron chi connectivity index (χ2n) is 9.76. The summed E-state index contributed by atoms with van der Waals surface area (Å²) in [6.07, 6.45) is 7.14. The molecule has 1 saturated heterocycles. The number of rotatable bonds is 4. The Bertz CT molecular complexity index is 1130. The molecule has 0 spiro atoms. The molecule has 186 valence electrons. The highest BCUT2D eigenvalue weighted by molar-refractivity contribution is 5.89. The Labute approximate surface area is 205 Å².